The molecule has 2 heterocycles. The Labute approximate surface area is 107 Å². The minimum Gasteiger partial charge on any atom is -0.368 e. The summed E-state index contributed by atoms with van der Waals surface area (Å²) in [5, 5.41) is 7.69. The second-order valence-corrected chi connectivity index (χ2v) is 4.97. The Balaban J connectivity index is 2.03. The molecule has 0 spiro atoms. The second-order valence-electron chi connectivity index (χ2n) is 4.97. The molecule has 18 heavy (non-hydrogen) atoms. The van der Waals surface area contributed by atoms with Gasteiger partial charge < -0.3 is 11.1 Å². The number of piperazine rings is 1. The van der Waals surface area contributed by atoms with Crippen molar-refractivity contribution >= 4 is 5.91 Å². The SMILES string of the molecule is CC(C)n1ccc(CN2CCNCC2C(N)=O)n1. The molecule has 0 bridgehead atoms. The molecule has 1 aliphatic rings. The third-order valence-electron chi connectivity index (χ3n) is 3.24. The molecular weight excluding hydrogens is 230 g/mol. The van der Waals surface area contributed by atoms with E-state index in [4.69, 9.17) is 5.73 Å². The first-order chi connectivity index (χ1) is 8.58. The molecule has 6 nitrogen and oxygen atoms in total. The number of primary amides is 1. The molecule has 0 aromatic carbocycles. The molecule has 1 amide bonds. The zero-order valence-corrected chi connectivity index (χ0v) is 11.0. The lowest BCUT2D eigenvalue weighted by Gasteiger charge is -2.33. The fourth-order valence-electron chi connectivity index (χ4n) is 2.17. The molecule has 0 aliphatic carbocycles. The molecule has 0 radical (unpaired) electrons. The Kier molecular flexibility index (Phi) is 3.98. The Hall–Kier alpha value is -1.40. The molecule has 1 aromatic rings. The van der Waals surface area contributed by atoms with Crippen LogP contribution in [0, 0.1) is 0 Å². The smallest absolute Gasteiger partial charge is 0.236 e. The van der Waals surface area contributed by atoms with Gasteiger partial charge in [-0.25, -0.2) is 0 Å². The number of nitrogens with one attached hydrogen (secondary N) is 1. The van der Waals surface area contributed by atoms with Crippen molar-refractivity contribution in [2.75, 3.05) is 19.6 Å². The van der Waals surface area contributed by atoms with Gasteiger partial charge in [-0.15, -0.1) is 0 Å². The van der Waals surface area contributed by atoms with Gasteiger partial charge in [0.2, 0.25) is 5.91 Å². The number of carbonyl (C=O) groups is 1. The van der Waals surface area contributed by atoms with E-state index in [1.807, 2.05) is 16.9 Å². The van der Waals surface area contributed by atoms with Crippen LogP contribution in [0.4, 0.5) is 0 Å². The van der Waals surface area contributed by atoms with E-state index < -0.39 is 0 Å². The highest BCUT2D eigenvalue weighted by atomic mass is 16.1. The van der Waals surface area contributed by atoms with Crippen LogP contribution in [-0.4, -0.2) is 46.3 Å². The summed E-state index contributed by atoms with van der Waals surface area (Å²) >= 11 is 0. The van der Waals surface area contributed by atoms with E-state index in [0.717, 1.165) is 18.8 Å². The van der Waals surface area contributed by atoms with Gasteiger partial charge in [0, 0.05) is 38.4 Å². The van der Waals surface area contributed by atoms with E-state index in [0.29, 0.717) is 19.1 Å². The van der Waals surface area contributed by atoms with Crippen LogP contribution in [0.25, 0.3) is 0 Å². The maximum Gasteiger partial charge on any atom is 0.236 e. The van der Waals surface area contributed by atoms with Crippen molar-refractivity contribution in [3.63, 3.8) is 0 Å². The molecule has 1 atom stereocenters. The first-order valence-electron chi connectivity index (χ1n) is 6.36. The van der Waals surface area contributed by atoms with Gasteiger partial charge in [0.1, 0.15) is 6.04 Å². The Bertz CT molecular complexity index is 414. The summed E-state index contributed by atoms with van der Waals surface area (Å²) in [6.45, 7) is 7.19. The van der Waals surface area contributed by atoms with Crippen molar-refractivity contribution in [2.24, 2.45) is 5.73 Å². The minimum atomic E-state index is -0.273. The molecule has 1 aliphatic heterocycles. The van der Waals surface area contributed by atoms with Crippen LogP contribution < -0.4 is 11.1 Å². The average molecular weight is 251 g/mol. The van der Waals surface area contributed by atoms with E-state index in [9.17, 15) is 4.79 Å². The summed E-state index contributed by atoms with van der Waals surface area (Å²) in [7, 11) is 0. The number of hydrogen-bond donors (Lipinski definition) is 2. The fraction of sp³-hybridized carbons (Fsp3) is 0.667. The predicted octanol–water partition coefficient (Wildman–Crippen LogP) is -0.277. The molecule has 1 saturated heterocycles. The minimum absolute atomic E-state index is 0.233. The lowest BCUT2D eigenvalue weighted by atomic mass is 10.1. The number of amides is 1. The zero-order valence-electron chi connectivity index (χ0n) is 11.0. The van der Waals surface area contributed by atoms with Crippen molar-refractivity contribution < 1.29 is 4.79 Å². The summed E-state index contributed by atoms with van der Waals surface area (Å²) in [6.07, 6.45) is 1.97. The highest BCUT2D eigenvalue weighted by molar-refractivity contribution is 5.80. The van der Waals surface area contributed by atoms with Crippen LogP contribution in [0.5, 0.6) is 0 Å². The summed E-state index contributed by atoms with van der Waals surface area (Å²) < 4.78 is 1.93. The number of hydrogen-bond acceptors (Lipinski definition) is 4. The van der Waals surface area contributed by atoms with Crippen LogP contribution >= 0.6 is 0 Å². The molecule has 100 valence electrons. The molecule has 0 saturated carbocycles. The van der Waals surface area contributed by atoms with Gasteiger partial charge >= 0.3 is 0 Å². The normalized spacial score (nSPS) is 21.4. The largest absolute Gasteiger partial charge is 0.368 e. The standard InChI is InChI=1S/C12H21N5O/c1-9(2)17-5-3-10(15-17)8-16-6-4-14-7-11(16)12(13)18/h3,5,9,11,14H,4,6-8H2,1-2H3,(H2,13,18). The first kappa shape index (κ1) is 13.0. The quantitative estimate of drug-likeness (QED) is 0.772. The molecule has 2 rings (SSSR count). The monoisotopic (exact) mass is 251 g/mol. The molecule has 1 aromatic heterocycles. The van der Waals surface area contributed by atoms with E-state index in [2.05, 4.69) is 29.2 Å². The number of carbonyl (C=O) groups excluding carboxylic acids is 1. The maximum atomic E-state index is 11.4. The van der Waals surface area contributed by atoms with Gasteiger partial charge in [0.15, 0.2) is 0 Å². The van der Waals surface area contributed by atoms with Crippen LogP contribution in [-0.2, 0) is 11.3 Å². The number of nitrogens with zero attached hydrogens (tertiary/aromatic N) is 3. The van der Waals surface area contributed by atoms with Crippen molar-refractivity contribution in [3.8, 4) is 0 Å². The summed E-state index contributed by atoms with van der Waals surface area (Å²) in [5.41, 5.74) is 6.40. The Morgan fingerprint density at radius 1 is 1.67 bits per heavy atom. The molecule has 1 fully saturated rings. The Morgan fingerprint density at radius 3 is 3.06 bits per heavy atom. The third kappa shape index (κ3) is 2.88. The van der Waals surface area contributed by atoms with Gasteiger partial charge in [-0.05, 0) is 19.9 Å². The topological polar surface area (TPSA) is 76.2 Å². The molecule has 6 heteroatoms. The van der Waals surface area contributed by atoms with Crippen LogP contribution in [0.1, 0.15) is 25.6 Å². The predicted molar refractivity (Wildman–Crippen MR) is 68.9 cm³/mol. The third-order valence-corrected chi connectivity index (χ3v) is 3.24. The van der Waals surface area contributed by atoms with Gasteiger partial charge in [-0.1, -0.05) is 0 Å². The van der Waals surface area contributed by atoms with Gasteiger partial charge in [0.05, 0.1) is 5.69 Å². The van der Waals surface area contributed by atoms with Crippen LogP contribution in [0.2, 0.25) is 0 Å². The van der Waals surface area contributed by atoms with Gasteiger partial charge in [-0.2, -0.15) is 5.10 Å². The first-order valence-corrected chi connectivity index (χ1v) is 6.36. The number of nitrogens with two attached hydrogens (primary N) is 1. The van der Waals surface area contributed by atoms with Gasteiger partial charge in [-0.3, -0.25) is 14.4 Å². The molecule has 1 unspecified atom stereocenters. The van der Waals surface area contributed by atoms with E-state index >= 15 is 0 Å². The zero-order chi connectivity index (χ0) is 13.1. The summed E-state index contributed by atoms with van der Waals surface area (Å²) in [6, 6.07) is 2.12. The van der Waals surface area contributed by atoms with Crippen molar-refractivity contribution in [1.82, 2.24) is 20.0 Å². The maximum absolute atomic E-state index is 11.4. The second kappa shape index (κ2) is 5.49. The van der Waals surface area contributed by atoms with E-state index in [1.54, 1.807) is 0 Å². The molecule has 3 N–H and O–H groups in total. The summed E-state index contributed by atoms with van der Waals surface area (Å²) in [4.78, 5) is 13.5. The van der Waals surface area contributed by atoms with Crippen molar-refractivity contribution in [1.29, 1.82) is 0 Å². The summed E-state index contributed by atoms with van der Waals surface area (Å²) in [5.74, 6) is -0.273. The number of aromatic nitrogens is 2. The highest BCUT2D eigenvalue weighted by Crippen LogP contribution is 2.10. The fourth-order valence-corrected chi connectivity index (χ4v) is 2.17. The van der Waals surface area contributed by atoms with Crippen LogP contribution in [0.15, 0.2) is 12.3 Å². The lowest BCUT2D eigenvalue weighted by molar-refractivity contribution is -0.124. The van der Waals surface area contributed by atoms with Gasteiger partial charge in [0.25, 0.3) is 0 Å². The molecular formula is C12H21N5O. The van der Waals surface area contributed by atoms with E-state index in [-0.39, 0.29) is 11.9 Å². The van der Waals surface area contributed by atoms with E-state index in [1.165, 1.54) is 0 Å². The van der Waals surface area contributed by atoms with Crippen LogP contribution in [0.3, 0.4) is 0 Å². The van der Waals surface area contributed by atoms with Crippen molar-refractivity contribution in [3.05, 3.63) is 18.0 Å². The number of rotatable bonds is 4. The lowest BCUT2D eigenvalue weighted by Crippen LogP contribution is -2.56. The highest BCUT2D eigenvalue weighted by Gasteiger charge is 2.27. The average Bonchev–Trinajstić information content (AvgIpc) is 2.78. The Morgan fingerprint density at radius 2 is 2.44 bits per heavy atom. The van der Waals surface area contributed by atoms with Crippen molar-refractivity contribution in [2.45, 2.75) is 32.5 Å².